The zero-order valence-electron chi connectivity index (χ0n) is 20.5. The van der Waals surface area contributed by atoms with E-state index in [0.717, 1.165) is 18.3 Å². The van der Waals surface area contributed by atoms with E-state index >= 15 is 0 Å². The number of hydrogen-bond acceptors (Lipinski definition) is 6. The maximum Gasteiger partial charge on any atom is 0.410 e. The Labute approximate surface area is 192 Å². The van der Waals surface area contributed by atoms with Crippen molar-refractivity contribution in [3.8, 4) is 11.8 Å². The monoisotopic (exact) mass is 444 g/mol. The molecule has 7 nitrogen and oxygen atoms in total. The molecule has 2 rings (SSSR count). The summed E-state index contributed by atoms with van der Waals surface area (Å²) >= 11 is 0. The second-order valence-electron chi connectivity index (χ2n) is 10.5. The van der Waals surface area contributed by atoms with Crippen LogP contribution in [0.1, 0.15) is 66.9 Å². The van der Waals surface area contributed by atoms with Crippen molar-refractivity contribution in [3.05, 3.63) is 23.8 Å². The van der Waals surface area contributed by atoms with E-state index in [1.165, 1.54) is 0 Å². The number of nitriles is 1. The van der Waals surface area contributed by atoms with Crippen LogP contribution in [0, 0.1) is 17.2 Å². The van der Waals surface area contributed by atoms with Crippen LogP contribution in [0.15, 0.2) is 18.2 Å². The van der Waals surface area contributed by atoms with Gasteiger partial charge in [0.2, 0.25) is 0 Å². The van der Waals surface area contributed by atoms with E-state index in [9.17, 15) is 15.2 Å². The van der Waals surface area contributed by atoms with Gasteiger partial charge in [0, 0.05) is 19.0 Å². The number of amides is 1. The van der Waals surface area contributed by atoms with Crippen LogP contribution in [0.2, 0.25) is 0 Å². The molecule has 0 bridgehead atoms. The Balaban J connectivity index is 1.96. The second kappa shape index (κ2) is 10.1. The molecule has 0 spiro atoms. The molecule has 1 aliphatic rings. The molecule has 0 saturated carbocycles. The Morgan fingerprint density at radius 1 is 1.25 bits per heavy atom. The Hall–Kier alpha value is -2.24. The highest BCUT2D eigenvalue weighted by Crippen LogP contribution is 2.25. The quantitative estimate of drug-likeness (QED) is 0.650. The summed E-state index contributed by atoms with van der Waals surface area (Å²) in [4.78, 5) is 14.1. The molecule has 0 aliphatic carbocycles. The van der Waals surface area contributed by atoms with Crippen molar-refractivity contribution < 1.29 is 24.0 Å². The number of likely N-dealkylation sites (tertiary alicyclic amines) is 1. The summed E-state index contributed by atoms with van der Waals surface area (Å²) in [5.74, 6) is 0.700. The van der Waals surface area contributed by atoms with E-state index in [1.54, 1.807) is 30.9 Å². The van der Waals surface area contributed by atoms with Gasteiger partial charge in [-0.1, -0.05) is 11.5 Å². The number of carbonyl (C=O) groups excluding carboxylic acids is 1. The number of benzene rings is 1. The fourth-order valence-electron chi connectivity index (χ4n) is 3.22. The molecule has 1 unspecified atom stereocenters. The highest BCUT2D eigenvalue weighted by molar-refractivity contribution is 6.47. The summed E-state index contributed by atoms with van der Waals surface area (Å²) in [5, 5.41) is 19.8. The minimum atomic E-state index is -0.999. The maximum atomic E-state index is 12.4. The third kappa shape index (κ3) is 7.42. The fraction of sp³-hybridized carbons (Fsp3) is 0.667. The van der Waals surface area contributed by atoms with Gasteiger partial charge in [-0.3, -0.25) is 0 Å². The molecule has 1 aromatic rings. The van der Waals surface area contributed by atoms with Crippen LogP contribution in [-0.2, 0) is 9.39 Å². The van der Waals surface area contributed by atoms with Crippen molar-refractivity contribution in [2.24, 2.45) is 5.92 Å². The van der Waals surface area contributed by atoms with E-state index in [-0.39, 0.29) is 19.5 Å². The van der Waals surface area contributed by atoms with Crippen molar-refractivity contribution in [1.29, 1.82) is 5.26 Å². The molecular formula is C24H37BN2O5. The Bertz CT molecular complexity index is 836. The van der Waals surface area contributed by atoms with Crippen LogP contribution in [-0.4, -0.2) is 60.1 Å². The van der Waals surface area contributed by atoms with E-state index in [2.05, 4.69) is 6.07 Å². The van der Waals surface area contributed by atoms with E-state index in [1.807, 2.05) is 40.7 Å². The lowest BCUT2D eigenvalue weighted by Gasteiger charge is -2.37. The molecule has 8 heteroatoms. The molecule has 0 radical (unpaired) electrons. The molecule has 1 aromatic carbocycles. The van der Waals surface area contributed by atoms with Gasteiger partial charge in [0.25, 0.3) is 0 Å². The van der Waals surface area contributed by atoms with Crippen LogP contribution < -0.4 is 10.2 Å². The molecule has 1 amide bonds. The Morgan fingerprint density at radius 3 is 2.53 bits per heavy atom. The minimum absolute atomic E-state index is 0.179. The predicted molar refractivity (Wildman–Crippen MR) is 125 cm³/mol. The van der Waals surface area contributed by atoms with Crippen molar-refractivity contribution in [2.45, 2.75) is 78.1 Å². The van der Waals surface area contributed by atoms with Crippen molar-refractivity contribution in [3.63, 3.8) is 0 Å². The summed E-state index contributed by atoms with van der Waals surface area (Å²) in [7, 11) is 0.277. The number of carbonyl (C=O) groups is 1. The molecular weight excluding hydrogens is 407 g/mol. The van der Waals surface area contributed by atoms with Crippen LogP contribution in [0.25, 0.3) is 0 Å². The SMILES string of the molecule is CC(C)(C)OC(=O)N1CCCC(COc2ccc(BOC(C)(C)C(C)(C)O)cc2C#N)C1. The first-order chi connectivity index (χ1) is 14.7. The van der Waals surface area contributed by atoms with Gasteiger partial charge in [0.15, 0.2) is 0 Å². The first-order valence-electron chi connectivity index (χ1n) is 11.2. The van der Waals surface area contributed by atoms with E-state index < -0.39 is 16.8 Å². The van der Waals surface area contributed by atoms with Gasteiger partial charge >= 0.3 is 13.6 Å². The molecule has 1 saturated heterocycles. The van der Waals surface area contributed by atoms with E-state index in [0.29, 0.717) is 31.0 Å². The molecule has 0 aromatic heterocycles. The van der Waals surface area contributed by atoms with Crippen LogP contribution in [0.5, 0.6) is 5.75 Å². The van der Waals surface area contributed by atoms with Crippen molar-refractivity contribution >= 4 is 19.0 Å². The third-order valence-electron chi connectivity index (χ3n) is 5.88. The summed E-state index contributed by atoms with van der Waals surface area (Å²) in [6.07, 6.45) is 1.56. The van der Waals surface area contributed by atoms with Gasteiger partial charge in [-0.25, -0.2) is 4.79 Å². The number of piperidine rings is 1. The van der Waals surface area contributed by atoms with Crippen LogP contribution in [0.3, 0.4) is 0 Å². The van der Waals surface area contributed by atoms with Gasteiger partial charge in [-0.15, -0.1) is 0 Å². The second-order valence-corrected chi connectivity index (χ2v) is 10.5. The van der Waals surface area contributed by atoms with Gasteiger partial charge in [-0.05, 0) is 73.4 Å². The van der Waals surface area contributed by atoms with Crippen LogP contribution >= 0.6 is 0 Å². The minimum Gasteiger partial charge on any atom is -0.492 e. The topological polar surface area (TPSA) is 92.0 Å². The average molecular weight is 444 g/mol. The molecule has 1 fully saturated rings. The highest BCUT2D eigenvalue weighted by atomic mass is 16.6. The number of nitrogens with zero attached hydrogens (tertiary/aromatic N) is 2. The van der Waals surface area contributed by atoms with Crippen molar-refractivity contribution in [2.75, 3.05) is 19.7 Å². The molecule has 1 heterocycles. The largest absolute Gasteiger partial charge is 0.492 e. The average Bonchev–Trinajstić information content (AvgIpc) is 2.69. The van der Waals surface area contributed by atoms with Gasteiger partial charge < -0.3 is 24.1 Å². The fourth-order valence-corrected chi connectivity index (χ4v) is 3.22. The molecule has 32 heavy (non-hydrogen) atoms. The summed E-state index contributed by atoms with van der Waals surface area (Å²) in [6, 6.07) is 7.59. The number of ether oxygens (including phenoxy) is 2. The highest BCUT2D eigenvalue weighted by Gasteiger charge is 2.35. The Kier molecular flexibility index (Phi) is 8.24. The summed E-state index contributed by atoms with van der Waals surface area (Å²) in [5.41, 5.74) is -0.987. The number of hydrogen-bond donors (Lipinski definition) is 1. The summed E-state index contributed by atoms with van der Waals surface area (Å²) in [6.45, 7) is 14.4. The smallest absolute Gasteiger partial charge is 0.410 e. The number of aliphatic hydroxyl groups is 1. The number of rotatable bonds is 7. The predicted octanol–water partition coefficient (Wildman–Crippen LogP) is 3.13. The first kappa shape index (κ1) is 26.0. The van der Waals surface area contributed by atoms with Gasteiger partial charge in [0.1, 0.15) is 17.4 Å². The first-order valence-corrected chi connectivity index (χ1v) is 11.2. The standard InChI is InChI=1S/C24H37BN2O5/c1-22(2,3)31-21(28)27-12-8-9-17(15-27)16-30-20-11-10-19(13-18(20)14-26)25-32-24(6,7)23(4,5)29/h10-11,13,17,25,29H,8-9,12,15-16H2,1-7H3. The lowest BCUT2D eigenvalue weighted by molar-refractivity contribution is -0.0893. The third-order valence-corrected chi connectivity index (χ3v) is 5.88. The maximum absolute atomic E-state index is 12.4. The molecule has 176 valence electrons. The lowest BCUT2D eigenvalue weighted by Crippen LogP contribution is -2.49. The Morgan fingerprint density at radius 2 is 1.94 bits per heavy atom. The lowest BCUT2D eigenvalue weighted by atomic mass is 9.82. The van der Waals surface area contributed by atoms with Crippen LogP contribution in [0.4, 0.5) is 4.79 Å². The van der Waals surface area contributed by atoms with Gasteiger partial charge in [-0.2, -0.15) is 5.26 Å². The normalized spacial score (nSPS) is 17.5. The zero-order valence-corrected chi connectivity index (χ0v) is 20.5. The van der Waals surface area contributed by atoms with E-state index in [4.69, 9.17) is 14.1 Å². The summed E-state index contributed by atoms with van der Waals surface area (Å²) < 4.78 is 17.3. The molecule has 1 atom stereocenters. The zero-order chi connectivity index (χ0) is 24.2. The molecule has 1 N–H and O–H groups in total. The van der Waals surface area contributed by atoms with Crippen molar-refractivity contribution in [1.82, 2.24) is 4.90 Å². The molecule has 1 aliphatic heterocycles. The van der Waals surface area contributed by atoms with Gasteiger partial charge in [0.05, 0.1) is 23.4 Å².